The van der Waals surface area contributed by atoms with Gasteiger partial charge in [0.2, 0.25) is 0 Å². The van der Waals surface area contributed by atoms with Crippen LogP contribution in [0.25, 0.3) is 0 Å². The third-order valence-electron chi connectivity index (χ3n) is 11.2. The number of aromatic nitrogens is 2. The van der Waals surface area contributed by atoms with Crippen molar-refractivity contribution in [2.45, 2.75) is 104 Å². The van der Waals surface area contributed by atoms with Gasteiger partial charge in [-0.3, -0.25) is 9.48 Å². The van der Waals surface area contributed by atoms with Gasteiger partial charge in [0.25, 0.3) is 0 Å². The highest BCUT2D eigenvalue weighted by molar-refractivity contribution is 5.84. The first-order valence-corrected chi connectivity index (χ1v) is 13.8. The Kier molecular flexibility index (Phi) is 5.99. The lowest BCUT2D eigenvalue weighted by Crippen LogP contribution is -2.59. The van der Waals surface area contributed by atoms with E-state index in [2.05, 4.69) is 38.9 Å². The predicted octanol–water partition coefficient (Wildman–Crippen LogP) is 5.76. The highest BCUT2D eigenvalue weighted by Gasteiger charge is 2.64. The summed E-state index contributed by atoms with van der Waals surface area (Å²) >= 11 is 0. The number of Topliss-reactive ketones (excluding diaryl/α,β-unsaturated/α-hetero) is 1. The van der Waals surface area contributed by atoms with E-state index in [9.17, 15) is 9.90 Å². The minimum absolute atomic E-state index is 0.0633. The molecule has 0 unspecified atom stereocenters. The summed E-state index contributed by atoms with van der Waals surface area (Å²) in [6.07, 6.45) is 13.7. The van der Waals surface area contributed by atoms with E-state index in [4.69, 9.17) is 5.26 Å². The topological polar surface area (TPSA) is 78.9 Å². The van der Waals surface area contributed by atoms with Crippen molar-refractivity contribution in [1.82, 2.24) is 9.78 Å². The maximum Gasteiger partial charge on any atom is 0.137 e. The molecule has 5 heteroatoms. The van der Waals surface area contributed by atoms with Crippen molar-refractivity contribution in [1.29, 1.82) is 5.26 Å². The molecular weight excluding hydrogens is 422 g/mol. The quantitative estimate of drug-likeness (QED) is 0.599. The second-order valence-electron chi connectivity index (χ2n) is 13.1. The van der Waals surface area contributed by atoms with E-state index in [1.165, 1.54) is 19.3 Å². The first-order valence-electron chi connectivity index (χ1n) is 13.8. The number of carbonyl (C=O) groups excluding carboxylic acids is 1. The summed E-state index contributed by atoms with van der Waals surface area (Å²) in [4.78, 5) is 14.0. The van der Waals surface area contributed by atoms with Crippen LogP contribution in [0.3, 0.4) is 0 Å². The zero-order valence-electron chi connectivity index (χ0n) is 21.6. The fourth-order valence-electron chi connectivity index (χ4n) is 9.75. The number of ketones is 1. The summed E-state index contributed by atoms with van der Waals surface area (Å²) in [7, 11) is 0. The maximum atomic E-state index is 14.0. The molecule has 1 N–H and O–H groups in total. The lowest BCUT2D eigenvalue weighted by molar-refractivity contribution is -0.171. The molecule has 0 spiro atoms. The molecule has 1 aromatic rings. The first-order chi connectivity index (χ1) is 16.1. The van der Waals surface area contributed by atoms with Gasteiger partial charge in [0.05, 0.1) is 17.4 Å². The third-order valence-corrected chi connectivity index (χ3v) is 11.2. The molecule has 0 radical (unpaired) electrons. The van der Waals surface area contributed by atoms with Gasteiger partial charge in [0, 0.05) is 25.1 Å². The van der Waals surface area contributed by atoms with Crippen molar-refractivity contribution >= 4 is 5.78 Å². The highest BCUT2D eigenvalue weighted by atomic mass is 16.3. The number of aliphatic hydroxyl groups is 1. The molecule has 186 valence electrons. The SMILES string of the molecule is CCC[C@@]1(O)CC[C@@]2(C)[C@H](CC[C@H]3[C@@H]4CC[C@H]([C@@H](C)Cn5cc(C#N)cn5)[C@@]4(C)CC(=O)[C@@H]32)C1. The first kappa shape index (κ1) is 24.0. The van der Waals surface area contributed by atoms with E-state index in [1.807, 2.05) is 10.9 Å². The van der Waals surface area contributed by atoms with Gasteiger partial charge in [-0.1, -0.05) is 34.1 Å². The second-order valence-corrected chi connectivity index (χ2v) is 13.1. The Balaban J connectivity index is 1.35. The Morgan fingerprint density at radius 1 is 1.24 bits per heavy atom. The fraction of sp³-hybridized carbons (Fsp3) is 0.828. The minimum atomic E-state index is -0.510. The predicted molar refractivity (Wildman–Crippen MR) is 132 cm³/mol. The highest BCUT2D eigenvalue weighted by Crippen LogP contribution is 2.68. The number of hydrogen-bond acceptors (Lipinski definition) is 4. The Morgan fingerprint density at radius 2 is 2.03 bits per heavy atom. The molecule has 5 rings (SSSR count). The summed E-state index contributed by atoms with van der Waals surface area (Å²) in [5.41, 5.74) is 0.239. The smallest absolute Gasteiger partial charge is 0.137 e. The normalized spacial score (nSPS) is 44.6. The number of nitrogens with zero attached hydrogens (tertiary/aromatic N) is 3. The van der Waals surface area contributed by atoms with Crippen LogP contribution in [0.4, 0.5) is 0 Å². The zero-order valence-corrected chi connectivity index (χ0v) is 21.6. The van der Waals surface area contributed by atoms with Crippen molar-refractivity contribution in [2.24, 2.45) is 46.3 Å². The Hall–Kier alpha value is -1.67. The van der Waals surface area contributed by atoms with Crippen molar-refractivity contribution in [3.05, 3.63) is 18.0 Å². The summed E-state index contributed by atoms with van der Waals surface area (Å²) < 4.78 is 1.92. The van der Waals surface area contributed by atoms with Crippen LogP contribution < -0.4 is 0 Å². The number of nitriles is 1. The van der Waals surface area contributed by atoms with E-state index in [1.54, 1.807) is 6.20 Å². The molecule has 0 amide bonds. The molecule has 5 nitrogen and oxygen atoms in total. The Bertz CT molecular complexity index is 980. The zero-order chi connectivity index (χ0) is 24.3. The molecule has 4 fully saturated rings. The summed E-state index contributed by atoms with van der Waals surface area (Å²) in [6.45, 7) is 10.1. The standard InChI is InChI=1S/C29H43N3O2/c1-5-10-29(34)12-11-27(3)21(13-29)6-7-22-24-9-8-23(28(24,4)14-25(33)26(22)27)19(2)17-32-18-20(15-30)16-31-32/h16,18-19,21-24,26,34H,5-14,17H2,1-4H3/t19-,21+,22-,23+,24-,26+,27-,28+,29+/m0/s1. The number of fused-ring (bicyclic) bond motifs is 5. The Morgan fingerprint density at radius 3 is 2.74 bits per heavy atom. The third kappa shape index (κ3) is 3.67. The van der Waals surface area contributed by atoms with Gasteiger partial charge in [-0.25, -0.2) is 0 Å². The van der Waals surface area contributed by atoms with Gasteiger partial charge in [0.1, 0.15) is 11.9 Å². The summed E-state index contributed by atoms with van der Waals surface area (Å²) in [5.74, 6) is 3.27. The van der Waals surface area contributed by atoms with Gasteiger partial charge in [-0.2, -0.15) is 10.4 Å². The van der Waals surface area contributed by atoms with Crippen LogP contribution >= 0.6 is 0 Å². The largest absolute Gasteiger partial charge is 0.390 e. The molecule has 0 aromatic carbocycles. The van der Waals surface area contributed by atoms with Crippen molar-refractivity contribution in [3.63, 3.8) is 0 Å². The number of rotatable bonds is 5. The van der Waals surface area contributed by atoms with E-state index in [0.717, 1.165) is 51.5 Å². The molecule has 0 aliphatic heterocycles. The van der Waals surface area contributed by atoms with Crippen LogP contribution in [0.1, 0.15) is 97.5 Å². The van der Waals surface area contributed by atoms with Crippen LogP contribution in [0.15, 0.2) is 12.4 Å². The second kappa shape index (κ2) is 8.47. The number of hydrogen-bond donors (Lipinski definition) is 1. The van der Waals surface area contributed by atoms with Gasteiger partial charge in [0.15, 0.2) is 0 Å². The fourth-order valence-corrected chi connectivity index (χ4v) is 9.75. The molecule has 1 heterocycles. The molecule has 1 aromatic heterocycles. The minimum Gasteiger partial charge on any atom is -0.390 e. The van der Waals surface area contributed by atoms with E-state index in [0.29, 0.717) is 40.9 Å². The number of carbonyl (C=O) groups is 1. The molecular formula is C29H43N3O2. The summed E-state index contributed by atoms with van der Waals surface area (Å²) in [6, 6.07) is 2.17. The van der Waals surface area contributed by atoms with Crippen molar-refractivity contribution < 1.29 is 9.90 Å². The lowest BCUT2D eigenvalue weighted by atomic mass is 9.43. The molecule has 0 saturated heterocycles. The van der Waals surface area contributed by atoms with Gasteiger partial charge in [-0.15, -0.1) is 0 Å². The average molecular weight is 466 g/mol. The van der Waals surface area contributed by atoms with Crippen LogP contribution in [0, 0.1) is 57.7 Å². The van der Waals surface area contributed by atoms with Gasteiger partial charge >= 0.3 is 0 Å². The Labute approximate surface area is 205 Å². The van der Waals surface area contributed by atoms with Gasteiger partial charge < -0.3 is 5.11 Å². The average Bonchev–Trinajstić information content (AvgIpc) is 3.37. The molecule has 4 saturated carbocycles. The molecule has 9 atom stereocenters. The van der Waals surface area contributed by atoms with E-state index < -0.39 is 5.60 Å². The molecule has 4 aliphatic carbocycles. The molecule has 4 aliphatic rings. The van der Waals surface area contributed by atoms with Gasteiger partial charge in [-0.05, 0) is 91.8 Å². The van der Waals surface area contributed by atoms with Crippen LogP contribution in [0.5, 0.6) is 0 Å². The monoisotopic (exact) mass is 465 g/mol. The van der Waals surface area contributed by atoms with Crippen molar-refractivity contribution in [2.75, 3.05) is 0 Å². The van der Waals surface area contributed by atoms with Crippen LogP contribution in [-0.4, -0.2) is 26.3 Å². The lowest BCUT2D eigenvalue weighted by Gasteiger charge is -2.61. The van der Waals surface area contributed by atoms with Crippen LogP contribution in [-0.2, 0) is 11.3 Å². The van der Waals surface area contributed by atoms with Crippen molar-refractivity contribution in [3.8, 4) is 6.07 Å². The summed E-state index contributed by atoms with van der Waals surface area (Å²) in [5, 5.41) is 24.7. The molecule has 34 heavy (non-hydrogen) atoms. The molecule has 0 bridgehead atoms. The maximum absolute atomic E-state index is 14.0. The van der Waals surface area contributed by atoms with Crippen LogP contribution in [0.2, 0.25) is 0 Å². The van der Waals surface area contributed by atoms with E-state index in [-0.39, 0.29) is 16.7 Å². The van der Waals surface area contributed by atoms with E-state index >= 15 is 0 Å².